The molecule has 0 aliphatic rings. The van der Waals surface area contributed by atoms with Gasteiger partial charge in [-0.25, -0.2) is 0 Å². The molecule has 0 spiro atoms. The fraction of sp³-hybridized carbons (Fsp3) is 0.500. The summed E-state index contributed by atoms with van der Waals surface area (Å²) in [7, 11) is -4.18. The highest BCUT2D eigenvalue weighted by atomic mass is 31.1. The van der Waals surface area contributed by atoms with Crippen molar-refractivity contribution in [3.05, 3.63) is 0 Å². The lowest BCUT2D eigenvalue weighted by Crippen LogP contribution is -1.98. The highest BCUT2D eigenvalue weighted by molar-refractivity contribution is 7.31. The van der Waals surface area contributed by atoms with Gasteiger partial charge in [-0.3, -0.25) is 4.79 Å². The van der Waals surface area contributed by atoms with Crippen molar-refractivity contribution < 1.29 is 33.5 Å². The molecule has 0 aromatic heterocycles. The molecule has 0 fully saturated rings. The monoisotopic (exact) mass is 221 g/mol. The first-order valence-electron chi connectivity index (χ1n) is 2.19. The van der Waals surface area contributed by atoms with E-state index < -0.39 is 16.5 Å². The van der Waals surface area contributed by atoms with Crippen LogP contribution in [0.2, 0.25) is 0 Å². The second kappa shape index (κ2) is 16.9. The Morgan fingerprint density at radius 2 is 1.17 bits per heavy atom. The van der Waals surface area contributed by atoms with Crippen LogP contribution in [0, 0.1) is 0 Å². The average molecular weight is 221 g/mol. The van der Waals surface area contributed by atoms with Crippen molar-refractivity contribution in [2.24, 2.45) is 0 Å². The molecule has 5 N–H and O–H groups in total. The van der Waals surface area contributed by atoms with Crippen molar-refractivity contribution >= 4 is 22.9 Å². The second-order valence-electron chi connectivity index (χ2n) is 0.912. The Kier molecular flexibility index (Phi) is 24.7. The molecule has 0 atom stereocenters. The molecule has 0 saturated carbocycles. The second-order valence-corrected chi connectivity index (χ2v) is 1.92. The summed E-state index contributed by atoms with van der Waals surface area (Å²) >= 11 is 0. The van der Waals surface area contributed by atoms with Gasteiger partial charge in [-0.1, -0.05) is 0 Å². The van der Waals surface area contributed by atoms with E-state index in [0.29, 0.717) is 6.41 Å². The van der Waals surface area contributed by atoms with Crippen molar-refractivity contribution in [1.29, 1.82) is 0 Å². The summed E-state index contributed by atoms with van der Waals surface area (Å²) in [5.74, 6) is 0. The van der Waals surface area contributed by atoms with Crippen LogP contribution < -0.4 is 5.32 Å². The van der Waals surface area contributed by atoms with Crippen molar-refractivity contribution in [3.63, 3.8) is 0 Å². The van der Waals surface area contributed by atoms with Crippen LogP contribution in [0.5, 0.6) is 0 Å². The van der Waals surface area contributed by atoms with Crippen LogP contribution in [0.3, 0.4) is 0 Å². The Hall–Kier alpha value is -0.490. The number of hydrogen-bond donors (Lipinski definition) is 5. The molecule has 1 amide bonds. The number of carbonyl (C=O) groups is 1. The van der Waals surface area contributed by atoms with Gasteiger partial charge < -0.3 is 5.32 Å². The molecule has 72 valence electrons. The van der Waals surface area contributed by atoms with Gasteiger partial charge in [0.15, 0.2) is 0 Å². The molecule has 10 heteroatoms. The quantitative estimate of drug-likeness (QED) is 0.271. The molecule has 0 aliphatic heterocycles. The van der Waals surface area contributed by atoms with Gasteiger partial charge in [0.1, 0.15) is 0 Å². The van der Waals surface area contributed by atoms with E-state index in [1.54, 1.807) is 7.05 Å². The summed E-state index contributed by atoms with van der Waals surface area (Å²) in [6, 6.07) is 0. The van der Waals surface area contributed by atoms with Crippen molar-refractivity contribution in [3.8, 4) is 0 Å². The summed E-state index contributed by atoms with van der Waals surface area (Å²) < 4.78 is 17.4. The number of nitrogens with one attached hydrogen (secondary N) is 1. The zero-order chi connectivity index (χ0) is 10.6. The van der Waals surface area contributed by atoms with Crippen LogP contribution in [0.25, 0.3) is 0 Å². The van der Waals surface area contributed by atoms with Gasteiger partial charge >= 0.3 is 16.5 Å². The van der Waals surface area contributed by atoms with E-state index in [1.165, 1.54) is 0 Å². The lowest BCUT2D eigenvalue weighted by atomic mass is 11.2. The zero-order valence-electron chi connectivity index (χ0n) is 5.99. The molecular formula is C2H9NO7P2+2. The third-order valence-corrected chi connectivity index (χ3v) is 0.118. The van der Waals surface area contributed by atoms with Crippen LogP contribution in [-0.2, 0) is 13.9 Å². The summed E-state index contributed by atoms with van der Waals surface area (Å²) in [5, 5.41) is 2.25. The van der Waals surface area contributed by atoms with Crippen LogP contribution >= 0.6 is 16.5 Å². The topological polar surface area (TPSA) is 144 Å². The summed E-state index contributed by atoms with van der Waals surface area (Å²) in [6.45, 7) is 0. The van der Waals surface area contributed by atoms with Gasteiger partial charge in [0.25, 0.3) is 0 Å². The fourth-order valence-corrected chi connectivity index (χ4v) is 0. The Balaban J connectivity index is -0.000000101. The van der Waals surface area contributed by atoms with Crippen LogP contribution in [0.4, 0.5) is 0 Å². The van der Waals surface area contributed by atoms with Gasteiger partial charge in [-0.15, -0.1) is 19.6 Å². The summed E-state index contributed by atoms with van der Waals surface area (Å²) in [5.41, 5.74) is 0. The fourth-order valence-electron chi connectivity index (χ4n) is 0. The van der Waals surface area contributed by atoms with Gasteiger partial charge in [-0.05, 0) is 0 Å². The predicted molar refractivity (Wildman–Crippen MR) is 39.2 cm³/mol. The predicted octanol–water partition coefficient (Wildman–Crippen LogP) is -1.38. The first-order valence-corrected chi connectivity index (χ1v) is 4.52. The minimum absolute atomic E-state index is 0.625. The molecule has 0 rings (SSSR count). The average Bonchev–Trinajstić information content (AvgIpc) is 1.85. The van der Waals surface area contributed by atoms with E-state index in [1.807, 2.05) is 0 Å². The molecule has 12 heavy (non-hydrogen) atoms. The highest BCUT2D eigenvalue weighted by Gasteiger charge is 1.93. The summed E-state index contributed by atoms with van der Waals surface area (Å²) in [4.78, 5) is 37.5. The summed E-state index contributed by atoms with van der Waals surface area (Å²) in [6.07, 6.45) is 0.625. The Morgan fingerprint density at radius 1 is 1.08 bits per heavy atom. The van der Waals surface area contributed by atoms with E-state index in [2.05, 4.69) is 5.32 Å². The maximum atomic E-state index is 9.06. The molecule has 0 heterocycles. The van der Waals surface area contributed by atoms with Crippen molar-refractivity contribution in [2.75, 3.05) is 7.05 Å². The minimum Gasteiger partial charge on any atom is -0.362 e. The van der Waals surface area contributed by atoms with Crippen LogP contribution in [0.15, 0.2) is 0 Å². The first kappa shape index (κ1) is 17.6. The largest absolute Gasteiger partial charge is 0.692 e. The van der Waals surface area contributed by atoms with Crippen LogP contribution in [0.1, 0.15) is 0 Å². The Labute approximate surface area is 69.8 Å². The molecular weight excluding hydrogens is 212 g/mol. The van der Waals surface area contributed by atoms with Gasteiger partial charge in [0.05, 0.1) is 0 Å². The van der Waals surface area contributed by atoms with Crippen molar-refractivity contribution in [2.45, 2.75) is 0 Å². The minimum atomic E-state index is -2.87. The number of carbonyl (C=O) groups excluding carboxylic acids is 1. The zero-order valence-corrected chi connectivity index (χ0v) is 7.77. The number of rotatable bonds is 1. The third kappa shape index (κ3) is 2650. The van der Waals surface area contributed by atoms with Crippen LogP contribution in [-0.4, -0.2) is 33.0 Å². The molecule has 0 bridgehead atoms. The number of hydrogen-bond acceptors (Lipinski definition) is 3. The molecule has 0 aromatic carbocycles. The van der Waals surface area contributed by atoms with Gasteiger partial charge in [0, 0.05) is 16.2 Å². The van der Waals surface area contributed by atoms with E-state index in [4.69, 9.17) is 33.5 Å². The van der Waals surface area contributed by atoms with E-state index in [-0.39, 0.29) is 0 Å². The maximum Gasteiger partial charge on any atom is 0.692 e. The Morgan fingerprint density at radius 3 is 1.17 bits per heavy atom. The lowest BCUT2D eigenvalue weighted by Gasteiger charge is -1.64. The van der Waals surface area contributed by atoms with Gasteiger partial charge in [0.2, 0.25) is 6.41 Å². The molecule has 8 nitrogen and oxygen atoms in total. The molecule has 0 radical (unpaired) electrons. The SMILES string of the molecule is CNC=O.O=[P+](O)O.O=[P+](O)O. The van der Waals surface area contributed by atoms with E-state index >= 15 is 0 Å². The first-order chi connectivity index (χ1) is 5.38. The molecule has 0 unspecified atom stereocenters. The third-order valence-electron chi connectivity index (χ3n) is 0.118. The molecule has 0 aromatic rings. The maximum absolute atomic E-state index is 9.06. The van der Waals surface area contributed by atoms with E-state index in [0.717, 1.165) is 0 Å². The number of amides is 1. The van der Waals surface area contributed by atoms with E-state index in [9.17, 15) is 0 Å². The lowest BCUT2D eigenvalue weighted by molar-refractivity contribution is -0.109. The molecule has 0 saturated heterocycles. The normalized spacial score (nSPS) is 6.08. The Bertz CT molecular complexity index is 117. The highest BCUT2D eigenvalue weighted by Crippen LogP contribution is 1.98. The van der Waals surface area contributed by atoms with Crippen molar-refractivity contribution in [1.82, 2.24) is 5.32 Å². The van der Waals surface area contributed by atoms with Gasteiger partial charge in [-0.2, -0.15) is 0 Å². The smallest absolute Gasteiger partial charge is 0.362 e. The molecule has 0 aliphatic carbocycles. The standard InChI is InChI=1S/C2H5NO.2HO3P/c1-3-2-4;2*1-4(2)3/h2H,1H3,(H,3,4);2*(H-,1,2,3)/p+2.